The highest BCUT2D eigenvalue weighted by atomic mass is 32.1. The van der Waals surface area contributed by atoms with Gasteiger partial charge in [0.05, 0.1) is 17.1 Å². The van der Waals surface area contributed by atoms with Crippen molar-refractivity contribution < 1.29 is 9.59 Å². The number of hydrogen-bond donors (Lipinski definition) is 2. The largest absolute Gasteiger partial charge is 0.352 e. The van der Waals surface area contributed by atoms with Crippen LogP contribution in [0.4, 0.5) is 0 Å². The van der Waals surface area contributed by atoms with Crippen molar-refractivity contribution in [3.8, 4) is 0 Å². The third-order valence-corrected chi connectivity index (χ3v) is 4.89. The average molecular weight is 362 g/mol. The first kappa shape index (κ1) is 19.3. The summed E-state index contributed by atoms with van der Waals surface area (Å²) in [6.45, 7) is 13.8. The van der Waals surface area contributed by atoms with E-state index < -0.39 is 0 Å². The van der Waals surface area contributed by atoms with Gasteiger partial charge in [0.15, 0.2) is 0 Å². The fourth-order valence-electron chi connectivity index (χ4n) is 2.50. The predicted molar refractivity (Wildman–Crippen MR) is 101 cm³/mol. The van der Waals surface area contributed by atoms with Crippen LogP contribution in [0.1, 0.15) is 61.4 Å². The molecule has 136 valence electrons. The Balaban J connectivity index is 2.30. The molecule has 2 amide bonds. The van der Waals surface area contributed by atoms with Gasteiger partial charge in [0.2, 0.25) is 5.91 Å². The number of rotatable bonds is 4. The fourth-order valence-corrected chi connectivity index (χ4v) is 3.65. The number of carbonyl (C=O) groups is 2. The Labute approximate surface area is 152 Å². The molecule has 0 radical (unpaired) electrons. The second-order valence-electron chi connectivity index (χ2n) is 7.52. The molecule has 0 atom stereocenters. The monoisotopic (exact) mass is 362 g/mol. The highest BCUT2D eigenvalue weighted by molar-refractivity contribution is 7.20. The van der Waals surface area contributed by atoms with E-state index in [0.29, 0.717) is 4.88 Å². The molecule has 0 fully saturated rings. The summed E-state index contributed by atoms with van der Waals surface area (Å²) < 4.78 is 0. The molecule has 2 heterocycles. The molecule has 0 aliphatic carbocycles. The summed E-state index contributed by atoms with van der Waals surface area (Å²) in [7, 11) is 0. The molecule has 0 aliphatic heterocycles. The van der Waals surface area contributed by atoms with Crippen LogP contribution in [0.2, 0.25) is 0 Å². The van der Waals surface area contributed by atoms with Crippen LogP contribution in [0, 0.1) is 13.8 Å². The van der Waals surface area contributed by atoms with Crippen LogP contribution in [-0.2, 0) is 10.2 Å². The Kier molecular flexibility index (Phi) is 5.46. The molecule has 2 rings (SSSR count). The number of carbonyl (C=O) groups excluding carboxylic acids is 2. The van der Waals surface area contributed by atoms with Crippen molar-refractivity contribution in [1.82, 2.24) is 20.6 Å². The smallest absolute Gasteiger partial charge is 0.262 e. The molecule has 2 aromatic heterocycles. The number of aromatic nitrogens is 2. The van der Waals surface area contributed by atoms with Crippen LogP contribution in [0.5, 0.6) is 0 Å². The molecule has 0 saturated carbocycles. The quantitative estimate of drug-likeness (QED) is 0.876. The van der Waals surface area contributed by atoms with E-state index in [1.165, 1.54) is 11.3 Å². The third kappa shape index (κ3) is 4.34. The zero-order chi connectivity index (χ0) is 18.9. The van der Waals surface area contributed by atoms with Gasteiger partial charge in [-0.2, -0.15) is 0 Å². The van der Waals surface area contributed by atoms with Crippen molar-refractivity contribution in [2.45, 2.75) is 59.9 Å². The minimum absolute atomic E-state index is 0.0391. The summed E-state index contributed by atoms with van der Waals surface area (Å²) in [5.41, 5.74) is 1.58. The lowest BCUT2D eigenvalue weighted by Crippen LogP contribution is -2.39. The van der Waals surface area contributed by atoms with E-state index in [0.717, 1.165) is 27.3 Å². The number of nitrogens with zero attached hydrogens (tertiary/aromatic N) is 2. The van der Waals surface area contributed by atoms with E-state index in [9.17, 15) is 9.59 Å². The maximum atomic E-state index is 12.5. The van der Waals surface area contributed by atoms with Crippen molar-refractivity contribution in [2.24, 2.45) is 0 Å². The number of hydrogen-bond acceptors (Lipinski definition) is 5. The molecular weight excluding hydrogens is 336 g/mol. The molecule has 0 aromatic carbocycles. The van der Waals surface area contributed by atoms with Gasteiger partial charge in [0, 0.05) is 16.8 Å². The second kappa shape index (κ2) is 7.07. The molecule has 0 unspecified atom stereocenters. The van der Waals surface area contributed by atoms with Gasteiger partial charge in [0.1, 0.15) is 10.7 Å². The highest BCUT2D eigenvalue weighted by Gasteiger charge is 2.23. The molecule has 25 heavy (non-hydrogen) atoms. The van der Waals surface area contributed by atoms with Crippen LogP contribution < -0.4 is 10.6 Å². The van der Waals surface area contributed by atoms with E-state index >= 15 is 0 Å². The first-order valence-corrected chi connectivity index (χ1v) is 9.18. The first-order chi connectivity index (χ1) is 11.5. The second-order valence-corrected chi connectivity index (χ2v) is 8.52. The number of amides is 2. The summed E-state index contributed by atoms with van der Waals surface area (Å²) in [6, 6.07) is 0.0456. The van der Waals surface area contributed by atoms with Crippen molar-refractivity contribution >= 4 is 33.4 Å². The highest BCUT2D eigenvalue weighted by Crippen LogP contribution is 2.33. The topological polar surface area (TPSA) is 84.0 Å². The lowest BCUT2D eigenvalue weighted by molar-refractivity contribution is -0.120. The molecule has 0 bridgehead atoms. The Bertz CT molecular complexity index is 819. The minimum Gasteiger partial charge on any atom is -0.352 e. The Morgan fingerprint density at radius 1 is 1.16 bits per heavy atom. The molecule has 2 N–H and O–H groups in total. The third-order valence-electron chi connectivity index (χ3n) is 3.71. The van der Waals surface area contributed by atoms with Crippen LogP contribution >= 0.6 is 11.3 Å². The van der Waals surface area contributed by atoms with Crippen molar-refractivity contribution in [1.29, 1.82) is 0 Å². The molecule has 7 heteroatoms. The number of aryl methyl sites for hydroxylation is 2. The number of nitrogens with one attached hydrogen (secondary N) is 2. The van der Waals surface area contributed by atoms with Gasteiger partial charge < -0.3 is 10.6 Å². The van der Waals surface area contributed by atoms with Crippen LogP contribution in [-0.4, -0.2) is 34.4 Å². The molecule has 2 aromatic rings. The molecule has 0 saturated heterocycles. The Morgan fingerprint density at radius 3 is 2.36 bits per heavy atom. The van der Waals surface area contributed by atoms with Gasteiger partial charge in [-0.05, 0) is 33.3 Å². The lowest BCUT2D eigenvalue weighted by atomic mass is 9.95. The zero-order valence-electron chi connectivity index (χ0n) is 15.9. The fraction of sp³-hybridized carbons (Fsp3) is 0.556. The summed E-state index contributed by atoms with van der Waals surface area (Å²) in [6.07, 6.45) is 0. The normalized spacial score (nSPS) is 11.8. The van der Waals surface area contributed by atoms with Gasteiger partial charge in [-0.1, -0.05) is 20.8 Å². The first-order valence-electron chi connectivity index (χ1n) is 8.36. The standard InChI is InChI=1S/C18H26N4O2S/c1-9(2)20-12(23)8-19-15(24)14-10(3)13-11(4)21-17(18(5,6)7)22-16(13)25-14/h9H,8H2,1-7H3,(H,19,24)(H,20,23). The van der Waals surface area contributed by atoms with Gasteiger partial charge in [0.25, 0.3) is 5.91 Å². The number of thiophene rings is 1. The summed E-state index contributed by atoms with van der Waals surface area (Å²) in [5.74, 6) is 0.311. The molecule has 6 nitrogen and oxygen atoms in total. The van der Waals surface area contributed by atoms with Crippen molar-refractivity contribution in [2.75, 3.05) is 6.54 Å². The van der Waals surface area contributed by atoms with Crippen LogP contribution in [0.25, 0.3) is 10.2 Å². The molecular formula is C18H26N4O2S. The van der Waals surface area contributed by atoms with Gasteiger partial charge in [-0.3, -0.25) is 9.59 Å². The van der Waals surface area contributed by atoms with E-state index in [-0.39, 0.29) is 29.8 Å². The Hall–Kier alpha value is -2.02. The van der Waals surface area contributed by atoms with Crippen LogP contribution in [0.15, 0.2) is 0 Å². The Morgan fingerprint density at radius 2 is 1.80 bits per heavy atom. The van der Waals surface area contributed by atoms with Gasteiger partial charge in [-0.25, -0.2) is 9.97 Å². The van der Waals surface area contributed by atoms with E-state index in [1.807, 2.05) is 27.7 Å². The molecule has 0 aliphatic rings. The van der Waals surface area contributed by atoms with Gasteiger partial charge >= 0.3 is 0 Å². The van der Waals surface area contributed by atoms with Crippen LogP contribution in [0.3, 0.4) is 0 Å². The minimum atomic E-state index is -0.254. The van der Waals surface area contributed by atoms with E-state index in [1.54, 1.807) is 0 Å². The zero-order valence-corrected chi connectivity index (χ0v) is 16.7. The summed E-state index contributed by atoms with van der Waals surface area (Å²) in [5, 5.41) is 6.36. The van der Waals surface area contributed by atoms with Crippen molar-refractivity contribution in [3.63, 3.8) is 0 Å². The maximum absolute atomic E-state index is 12.5. The average Bonchev–Trinajstić information content (AvgIpc) is 2.81. The summed E-state index contributed by atoms with van der Waals surface area (Å²) >= 11 is 1.35. The van der Waals surface area contributed by atoms with E-state index in [2.05, 4.69) is 41.4 Å². The maximum Gasteiger partial charge on any atom is 0.262 e. The van der Waals surface area contributed by atoms with Gasteiger partial charge in [-0.15, -0.1) is 11.3 Å². The SMILES string of the molecule is Cc1nc(C(C)(C)C)nc2sc(C(=O)NCC(=O)NC(C)C)c(C)c12. The molecule has 0 spiro atoms. The van der Waals surface area contributed by atoms with Crippen molar-refractivity contribution in [3.05, 3.63) is 22.0 Å². The number of fused-ring (bicyclic) bond motifs is 1. The lowest BCUT2D eigenvalue weighted by Gasteiger charge is -2.16. The predicted octanol–water partition coefficient (Wildman–Crippen LogP) is 2.86. The van der Waals surface area contributed by atoms with E-state index in [4.69, 9.17) is 0 Å². The summed E-state index contributed by atoms with van der Waals surface area (Å²) in [4.78, 5) is 34.9.